The first kappa shape index (κ1) is 18.0. The summed E-state index contributed by atoms with van der Waals surface area (Å²) in [5, 5.41) is 10.6. The molecule has 3 aromatic rings. The van der Waals surface area contributed by atoms with Crippen LogP contribution in [0.15, 0.2) is 64.4 Å². The molecule has 0 atom stereocenters. The van der Waals surface area contributed by atoms with Gasteiger partial charge >= 0.3 is 0 Å². The van der Waals surface area contributed by atoms with Gasteiger partial charge in [0, 0.05) is 30.3 Å². The summed E-state index contributed by atoms with van der Waals surface area (Å²) >= 11 is 0. The van der Waals surface area contributed by atoms with E-state index in [1.807, 2.05) is 54.6 Å². The quantitative estimate of drug-likeness (QED) is 0.722. The topological polar surface area (TPSA) is 59.5 Å². The number of rotatable bonds is 5. The van der Waals surface area contributed by atoms with Gasteiger partial charge in [0.05, 0.1) is 11.4 Å². The SMILES string of the molecule is CCCCn1c(=O)c(C=C2C(c3ccccc3)=Nc3ccccc32)c(O)n1C. The summed E-state index contributed by atoms with van der Waals surface area (Å²) in [6.45, 7) is 2.66. The molecule has 1 aliphatic heterocycles. The van der Waals surface area contributed by atoms with Crippen LogP contribution in [0.5, 0.6) is 5.88 Å². The van der Waals surface area contributed by atoms with Gasteiger partial charge in [-0.1, -0.05) is 61.9 Å². The second kappa shape index (κ2) is 7.35. The molecule has 1 aliphatic rings. The zero-order valence-corrected chi connectivity index (χ0v) is 16.1. The fourth-order valence-corrected chi connectivity index (χ4v) is 3.56. The molecule has 0 amide bonds. The average Bonchev–Trinajstić information content (AvgIpc) is 3.19. The van der Waals surface area contributed by atoms with E-state index in [0.717, 1.165) is 40.9 Å². The van der Waals surface area contributed by atoms with Crippen molar-refractivity contribution in [3.63, 3.8) is 0 Å². The van der Waals surface area contributed by atoms with Crippen LogP contribution in [0.1, 0.15) is 36.5 Å². The zero-order valence-electron chi connectivity index (χ0n) is 16.1. The Morgan fingerprint density at radius 1 is 1.07 bits per heavy atom. The number of aliphatic imine (C=N–C) groups is 1. The molecule has 0 fully saturated rings. The van der Waals surface area contributed by atoms with Crippen LogP contribution >= 0.6 is 0 Å². The normalized spacial score (nSPS) is 14.4. The molecule has 28 heavy (non-hydrogen) atoms. The number of aromatic nitrogens is 2. The summed E-state index contributed by atoms with van der Waals surface area (Å²) in [7, 11) is 1.71. The molecule has 0 unspecified atom stereocenters. The highest BCUT2D eigenvalue weighted by atomic mass is 16.3. The first-order valence-corrected chi connectivity index (χ1v) is 9.56. The molecule has 5 nitrogen and oxygen atoms in total. The van der Waals surface area contributed by atoms with Gasteiger partial charge in [0.2, 0.25) is 5.88 Å². The summed E-state index contributed by atoms with van der Waals surface area (Å²) in [5.41, 5.74) is 4.59. The Hall–Kier alpha value is -3.34. The molecule has 0 saturated heterocycles. The van der Waals surface area contributed by atoms with E-state index in [0.29, 0.717) is 12.1 Å². The molecule has 0 saturated carbocycles. The summed E-state index contributed by atoms with van der Waals surface area (Å²) in [6.07, 6.45) is 3.64. The van der Waals surface area contributed by atoms with Gasteiger partial charge in [0.1, 0.15) is 5.56 Å². The third-order valence-corrected chi connectivity index (χ3v) is 5.12. The minimum atomic E-state index is -0.183. The van der Waals surface area contributed by atoms with Crippen molar-refractivity contribution in [3.8, 4) is 5.88 Å². The molecular formula is C23H23N3O2. The van der Waals surface area contributed by atoms with Crippen molar-refractivity contribution >= 4 is 23.0 Å². The van der Waals surface area contributed by atoms with Gasteiger partial charge in [-0.15, -0.1) is 0 Å². The summed E-state index contributed by atoms with van der Waals surface area (Å²) in [5.74, 6) is -0.0228. The highest BCUT2D eigenvalue weighted by Crippen LogP contribution is 2.38. The standard InChI is InChI=1S/C23H23N3O2/c1-3-4-14-26-23(28)19(22(27)25(26)2)15-18-17-12-8-9-13-20(17)24-21(18)16-10-6-5-7-11-16/h5-13,15,27H,3-4,14H2,1-2H3. The van der Waals surface area contributed by atoms with Crippen LogP contribution in [0.3, 0.4) is 0 Å². The van der Waals surface area contributed by atoms with Crippen LogP contribution in [-0.4, -0.2) is 20.2 Å². The summed E-state index contributed by atoms with van der Waals surface area (Å²) in [6, 6.07) is 17.8. The number of para-hydroxylation sites is 1. The van der Waals surface area contributed by atoms with E-state index in [9.17, 15) is 9.90 Å². The van der Waals surface area contributed by atoms with E-state index in [1.165, 1.54) is 4.68 Å². The fraction of sp³-hybridized carbons (Fsp3) is 0.217. The smallest absolute Gasteiger partial charge is 0.277 e. The van der Waals surface area contributed by atoms with Crippen molar-refractivity contribution in [2.24, 2.45) is 12.0 Å². The van der Waals surface area contributed by atoms with E-state index < -0.39 is 0 Å². The van der Waals surface area contributed by atoms with Gasteiger partial charge in [0.25, 0.3) is 5.56 Å². The second-order valence-electron chi connectivity index (χ2n) is 6.94. The monoisotopic (exact) mass is 373 g/mol. The molecule has 1 N–H and O–H groups in total. The predicted octanol–water partition coefficient (Wildman–Crippen LogP) is 4.37. The zero-order chi connectivity index (χ0) is 19.7. The molecule has 0 aliphatic carbocycles. The van der Waals surface area contributed by atoms with Crippen LogP contribution < -0.4 is 5.56 Å². The average molecular weight is 373 g/mol. The van der Waals surface area contributed by atoms with Crippen molar-refractivity contribution in [2.45, 2.75) is 26.3 Å². The molecule has 142 valence electrons. The van der Waals surface area contributed by atoms with Crippen molar-refractivity contribution in [2.75, 3.05) is 0 Å². The molecule has 0 radical (unpaired) electrons. The number of hydrogen-bond acceptors (Lipinski definition) is 3. The van der Waals surface area contributed by atoms with E-state index in [-0.39, 0.29) is 11.4 Å². The van der Waals surface area contributed by atoms with Crippen LogP contribution in [0.4, 0.5) is 5.69 Å². The van der Waals surface area contributed by atoms with Crippen molar-refractivity contribution in [1.82, 2.24) is 9.36 Å². The Balaban J connectivity index is 1.88. The van der Waals surface area contributed by atoms with Crippen LogP contribution in [-0.2, 0) is 13.6 Å². The molecule has 2 aromatic carbocycles. The van der Waals surface area contributed by atoms with Crippen molar-refractivity contribution in [1.29, 1.82) is 0 Å². The van der Waals surface area contributed by atoms with Gasteiger partial charge in [-0.2, -0.15) is 0 Å². The van der Waals surface area contributed by atoms with Crippen LogP contribution in [0.2, 0.25) is 0 Å². The number of fused-ring (bicyclic) bond motifs is 1. The lowest BCUT2D eigenvalue weighted by Gasteiger charge is -2.05. The first-order chi connectivity index (χ1) is 13.6. The maximum Gasteiger partial charge on any atom is 0.277 e. The van der Waals surface area contributed by atoms with Gasteiger partial charge in [-0.3, -0.25) is 9.48 Å². The largest absolute Gasteiger partial charge is 0.493 e. The number of hydrogen-bond donors (Lipinski definition) is 1. The molecule has 0 spiro atoms. The Morgan fingerprint density at radius 2 is 1.79 bits per heavy atom. The lowest BCUT2D eigenvalue weighted by molar-refractivity contribution is 0.376. The van der Waals surface area contributed by atoms with Crippen molar-refractivity contribution < 1.29 is 5.11 Å². The third kappa shape index (κ3) is 2.99. The minimum Gasteiger partial charge on any atom is -0.493 e. The Bertz CT molecular complexity index is 1130. The maximum absolute atomic E-state index is 13.0. The molecular weight excluding hydrogens is 350 g/mol. The minimum absolute atomic E-state index is 0.0228. The summed E-state index contributed by atoms with van der Waals surface area (Å²) in [4.78, 5) is 17.7. The lowest BCUT2D eigenvalue weighted by Crippen LogP contribution is -2.22. The van der Waals surface area contributed by atoms with Gasteiger partial charge in [0.15, 0.2) is 0 Å². The molecule has 5 heteroatoms. The van der Waals surface area contributed by atoms with E-state index >= 15 is 0 Å². The van der Waals surface area contributed by atoms with E-state index in [4.69, 9.17) is 4.99 Å². The maximum atomic E-state index is 13.0. The van der Waals surface area contributed by atoms with Crippen LogP contribution in [0, 0.1) is 0 Å². The second-order valence-corrected chi connectivity index (χ2v) is 6.94. The van der Waals surface area contributed by atoms with Crippen LogP contribution in [0.25, 0.3) is 11.6 Å². The van der Waals surface area contributed by atoms with Gasteiger partial charge < -0.3 is 5.11 Å². The highest BCUT2D eigenvalue weighted by Gasteiger charge is 2.24. The third-order valence-electron chi connectivity index (χ3n) is 5.12. The first-order valence-electron chi connectivity index (χ1n) is 9.56. The number of benzene rings is 2. The highest BCUT2D eigenvalue weighted by molar-refractivity contribution is 6.39. The Labute approximate surface area is 163 Å². The van der Waals surface area contributed by atoms with E-state index in [2.05, 4.69) is 6.92 Å². The lowest BCUT2D eigenvalue weighted by atomic mass is 9.96. The fourth-order valence-electron chi connectivity index (χ4n) is 3.56. The number of allylic oxidation sites excluding steroid dienone is 1. The van der Waals surface area contributed by atoms with Gasteiger partial charge in [-0.25, -0.2) is 9.67 Å². The molecule has 0 bridgehead atoms. The van der Waals surface area contributed by atoms with Gasteiger partial charge in [-0.05, 0) is 18.6 Å². The van der Waals surface area contributed by atoms with E-state index in [1.54, 1.807) is 17.8 Å². The molecule has 2 heterocycles. The molecule has 4 rings (SSSR count). The summed E-state index contributed by atoms with van der Waals surface area (Å²) < 4.78 is 3.12. The number of aromatic hydroxyl groups is 1. The predicted molar refractivity (Wildman–Crippen MR) is 113 cm³/mol. The molecule has 1 aromatic heterocycles. The number of nitrogens with zero attached hydrogens (tertiary/aromatic N) is 3. The van der Waals surface area contributed by atoms with Crippen molar-refractivity contribution in [3.05, 3.63) is 81.6 Å². The Kier molecular flexibility index (Phi) is 4.74. The Morgan fingerprint density at radius 3 is 2.54 bits per heavy atom. The number of unbranched alkanes of at least 4 members (excludes halogenated alkanes) is 1.